The Morgan fingerprint density at radius 1 is 1.24 bits per heavy atom. The van der Waals surface area contributed by atoms with E-state index in [2.05, 4.69) is 21.2 Å². The molecule has 2 aromatic rings. The molecule has 0 heterocycles. The highest BCUT2D eigenvalue weighted by Crippen LogP contribution is 2.34. The number of hydrogen-bond acceptors (Lipinski definition) is 4. The second kappa shape index (κ2) is 8.31. The van der Waals surface area contributed by atoms with Gasteiger partial charge in [0.15, 0.2) is 0 Å². The van der Waals surface area contributed by atoms with Crippen LogP contribution in [0, 0.1) is 17.1 Å². The Morgan fingerprint density at radius 2 is 1.92 bits per heavy atom. The lowest BCUT2D eigenvalue weighted by molar-refractivity contribution is -0.112. The number of ether oxygens (including phenoxy) is 2. The number of carbonyl (C=O) groups excluding carboxylic acids is 1. The number of anilines is 1. The van der Waals surface area contributed by atoms with Crippen molar-refractivity contribution >= 4 is 33.6 Å². The van der Waals surface area contributed by atoms with Crippen LogP contribution >= 0.6 is 15.9 Å². The van der Waals surface area contributed by atoms with Crippen molar-refractivity contribution in [3.05, 3.63) is 57.8 Å². The number of nitrogens with zero attached hydrogens (tertiary/aromatic N) is 1. The van der Waals surface area contributed by atoms with Crippen LogP contribution in [0.4, 0.5) is 10.1 Å². The molecule has 2 rings (SSSR count). The molecular weight excluding hydrogens is 391 g/mol. The first-order valence-corrected chi connectivity index (χ1v) is 7.88. The van der Waals surface area contributed by atoms with Crippen molar-refractivity contribution < 1.29 is 18.7 Å². The molecule has 1 amide bonds. The Labute approximate surface area is 152 Å². The minimum atomic E-state index is -0.721. The van der Waals surface area contributed by atoms with E-state index in [1.807, 2.05) is 6.07 Å². The largest absolute Gasteiger partial charge is 0.496 e. The quantitative estimate of drug-likeness (QED) is 0.599. The Bertz CT molecular complexity index is 875. The van der Waals surface area contributed by atoms with E-state index in [0.29, 0.717) is 21.5 Å². The van der Waals surface area contributed by atoms with E-state index in [4.69, 9.17) is 9.47 Å². The van der Waals surface area contributed by atoms with Crippen LogP contribution in [0.3, 0.4) is 0 Å². The molecule has 0 aliphatic heterocycles. The topological polar surface area (TPSA) is 71.3 Å². The van der Waals surface area contributed by atoms with Gasteiger partial charge < -0.3 is 14.8 Å². The third-order valence-corrected chi connectivity index (χ3v) is 3.91. The van der Waals surface area contributed by atoms with E-state index < -0.39 is 11.7 Å². The molecule has 0 atom stereocenters. The smallest absolute Gasteiger partial charge is 0.266 e. The summed E-state index contributed by atoms with van der Waals surface area (Å²) >= 11 is 3.34. The first-order valence-electron chi connectivity index (χ1n) is 7.09. The van der Waals surface area contributed by atoms with Crippen LogP contribution in [0.2, 0.25) is 0 Å². The summed E-state index contributed by atoms with van der Waals surface area (Å²) in [5.41, 5.74) is 0.297. The van der Waals surface area contributed by atoms with Crippen LogP contribution in [0.15, 0.2) is 46.4 Å². The molecule has 25 heavy (non-hydrogen) atoms. The maximum absolute atomic E-state index is 13.6. The van der Waals surface area contributed by atoms with Crippen molar-refractivity contribution in [2.24, 2.45) is 0 Å². The number of benzene rings is 2. The molecule has 0 aliphatic rings. The normalized spacial score (nSPS) is 10.8. The van der Waals surface area contributed by atoms with Crippen LogP contribution in [0.5, 0.6) is 11.5 Å². The molecule has 0 aromatic heterocycles. The van der Waals surface area contributed by atoms with Crippen LogP contribution < -0.4 is 14.8 Å². The van der Waals surface area contributed by atoms with Gasteiger partial charge in [0.1, 0.15) is 29.0 Å². The molecule has 0 spiro atoms. The van der Waals surface area contributed by atoms with Crippen molar-refractivity contribution in [3.63, 3.8) is 0 Å². The molecule has 128 valence electrons. The zero-order valence-corrected chi connectivity index (χ0v) is 15.1. The van der Waals surface area contributed by atoms with Crippen molar-refractivity contribution in [2.75, 3.05) is 19.5 Å². The number of methoxy groups -OCH3 is 2. The molecule has 0 bridgehead atoms. The summed E-state index contributed by atoms with van der Waals surface area (Å²) < 4.78 is 24.7. The van der Waals surface area contributed by atoms with E-state index >= 15 is 0 Å². The SMILES string of the molecule is COc1cc(OC)c(/C=C(/C#N)C(=O)Nc2ccccc2F)cc1Br. The molecule has 7 heteroatoms. The zero-order chi connectivity index (χ0) is 18.4. The predicted octanol–water partition coefficient (Wildman–Crippen LogP) is 4.15. The number of rotatable bonds is 5. The van der Waals surface area contributed by atoms with Crippen molar-refractivity contribution in [1.82, 2.24) is 0 Å². The van der Waals surface area contributed by atoms with Gasteiger partial charge in [-0.15, -0.1) is 0 Å². The van der Waals surface area contributed by atoms with E-state index in [9.17, 15) is 14.4 Å². The lowest BCUT2D eigenvalue weighted by Gasteiger charge is -2.10. The van der Waals surface area contributed by atoms with Crippen molar-refractivity contribution in [3.8, 4) is 17.6 Å². The first kappa shape index (κ1) is 18.5. The van der Waals surface area contributed by atoms with E-state index in [1.54, 1.807) is 18.2 Å². The van der Waals surface area contributed by atoms with E-state index in [0.717, 1.165) is 0 Å². The number of hydrogen-bond donors (Lipinski definition) is 1. The minimum Gasteiger partial charge on any atom is -0.496 e. The van der Waals surface area contributed by atoms with Gasteiger partial charge in [-0.3, -0.25) is 4.79 Å². The third-order valence-electron chi connectivity index (χ3n) is 3.29. The number of carbonyl (C=O) groups is 1. The number of para-hydroxylation sites is 1. The third kappa shape index (κ3) is 4.37. The average molecular weight is 405 g/mol. The van der Waals surface area contributed by atoms with Gasteiger partial charge in [-0.25, -0.2) is 4.39 Å². The lowest BCUT2D eigenvalue weighted by Crippen LogP contribution is -2.14. The fraction of sp³-hybridized carbons (Fsp3) is 0.111. The summed E-state index contributed by atoms with van der Waals surface area (Å²) in [4.78, 5) is 12.3. The van der Waals surface area contributed by atoms with Gasteiger partial charge in [0.25, 0.3) is 5.91 Å². The number of amides is 1. The Kier molecular flexibility index (Phi) is 6.14. The highest BCUT2D eigenvalue weighted by atomic mass is 79.9. The lowest BCUT2D eigenvalue weighted by atomic mass is 10.1. The van der Waals surface area contributed by atoms with Crippen LogP contribution in [-0.2, 0) is 4.79 Å². The average Bonchev–Trinajstić information content (AvgIpc) is 2.61. The standard InChI is InChI=1S/C18H14BrFN2O3/c1-24-16-9-17(25-2)13(19)8-11(16)7-12(10-21)18(23)22-15-6-4-3-5-14(15)20/h3-9H,1-2H3,(H,22,23)/b12-7-. The maximum atomic E-state index is 13.6. The number of nitriles is 1. The molecule has 5 nitrogen and oxygen atoms in total. The summed E-state index contributed by atoms with van der Waals surface area (Å²) in [6, 6.07) is 10.8. The molecule has 0 unspecified atom stereocenters. The van der Waals surface area contributed by atoms with Crippen LogP contribution in [-0.4, -0.2) is 20.1 Å². The Balaban J connectivity index is 2.37. The molecule has 2 aromatic carbocycles. The van der Waals surface area contributed by atoms with Gasteiger partial charge in [-0.1, -0.05) is 12.1 Å². The Morgan fingerprint density at radius 3 is 2.52 bits per heavy atom. The fourth-order valence-electron chi connectivity index (χ4n) is 2.05. The molecule has 0 fully saturated rings. The molecule has 0 saturated heterocycles. The van der Waals surface area contributed by atoms with Crippen LogP contribution in [0.25, 0.3) is 6.08 Å². The summed E-state index contributed by atoms with van der Waals surface area (Å²) in [5.74, 6) is -0.339. The number of nitrogens with one attached hydrogen (secondary N) is 1. The Hall–Kier alpha value is -2.85. The molecule has 0 aliphatic carbocycles. The monoisotopic (exact) mass is 404 g/mol. The van der Waals surface area contributed by atoms with E-state index in [1.165, 1.54) is 38.5 Å². The first-order chi connectivity index (χ1) is 12.0. The maximum Gasteiger partial charge on any atom is 0.266 e. The molecule has 0 saturated carbocycles. The fourth-order valence-corrected chi connectivity index (χ4v) is 2.58. The van der Waals surface area contributed by atoms with Crippen LogP contribution in [0.1, 0.15) is 5.56 Å². The van der Waals surface area contributed by atoms with Gasteiger partial charge in [-0.05, 0) is 40.2 Å². The summed E-state index contributed by atoms with van der Waals surface area (Å²) in [5, 5.41) is 11.7. The second-order valence-corrected chi connectivity index (χ2v) is 5.69. The van der Waals surface area contributed by atoms with E-state index in [-0.39, 0.29) is 11.3 Å². The predicted molar refractivity (Wildman–Crippen MR) is 95.9 cm³/mol. The summed E-state index contributed by atoms with van der Waals surface area (Å²) in [6.07, 6.45) is 1.36. The van der Waals surface area contributed by atoms with Gasteiger partial charge in [-0.2, -0.15) is 5.26 Å². The highest BCUT2D eigenvalue weighted by molar-refractivity contribution is 9.10. The van der Waals surface area contributed by atoms with Crippen molar-refractivity contribution in [2.45, 2.75) is 0 Å². The van der Waals surface area contributed by atoms with Gasteiger partial charge in [0.2, 0.25) is 0 Å². The zero-order valence-electron chi connectivity index (χ0n) is 13.5. The van der Waals surface area contributed by atoms with Gasteiger partial charge in [0.05, 0.1) is 24.4 Å². The molecular formula is C18H14BrFN2O3. The summed E-state index contributed by atoms with van der Waals surface area (Å²) in [7, 11) is 2.98. The van der Waals surface area contributed by atoms with Crippen molar-refractivity contribution in [1.29, 1.82) is 5.26 Å². The highest BCUT2D eigenvalue weighted by Gasteiger charge is 2.14. The summed E-state index contributed by atoms with van der Waals surface area (Å²) in [6.45, 7) is 0. The van der Waals surface area contributed by atoms with Gasteiger partial charge >= 0.3 is 0 Å². The molecule has 0 radical (unpaired) electrons. The number of halogens is 2. The molecule has 1 N–H and O–H groups in total. The second-order valence-electron chi connectivity index (χ2n) is 4.83. The van der Waals surface area contributed by atoms with Gasteiger partial charge in [0, 0.05) is 11.6 Å². The minimum absolute atomic E-state index is 0.00322.